The van der Waals surface area contributed by atoms with Crippen LogP contribution in [0, 0.1) is 0 Å². The van der Waals surface area contributed by atoms with Crippen molar-refractivity contribution in [3.8, 4) is 11.5 Å². The van der Waals surface area contributed by atoms with E-state index in [1.54, 1.807) is 30.3 Å². The molecule has 29 heavy (non-hydrogen) atoms. The minimum absolute atomic E-state index is 0.0733. The maximum absolute atomic E-state index is 13.0. The zero-order chi connectivity index (χ0) is 21.8. The van der Waals surface area contributed by atoms with Gasteiger partial charge in [-0.1, -0.05) is 6.92 Å². The van der Waals surface area contributed by atoms with Crippen LogP contribution >= 0.6 is 0 Å². The topological polar surface area (TPSA) is 84.9 Å². The van der Waals surface area contributed by atoms with E-state index < -0.39 is 10.0 Å². The number of nitrogens with zero attached hydrogens (tertiary/aromatic N) is 1. The van der Waals surface area contributed by atoms with Crippen molar-refractivity contribution in [3.63, 3.8) is 0 Å². The predicted octanol–water partition coefficient (Wildman–Crippen LogP) is 3.45. The number of ether oxygens (including phenoxy) is 2. The molecule has 1 N–H and O–H groups in total. The Morgan fingerprint density at radius 2 is 1.62 bits per heavy atom. The van der Waals surface area contributed by atoms with Gasteiger partial charge in [-0.05, 0) is 56.7 Å². The van der Waals surface area contributed by atoms with Crippen molar-refractivity contribution < 1.29 is 22.7 Å². The molecule has 0 atom stereocenters. The molecule has 7 nitrogen and oxygen atoms in total. The van der Waals surface area contributed by atoms with E-state index in [2.05, 4.69) is 5.32 Å². The summed E-state index contributed by atoms with van der Waals surface area (Å²) in [5.41, 5.74) is 0.585. The summed E-state index contributed by atoms with van der Waals surface area (Å²) in [6.07, 6.45) is 0.795. The van der Waals surface area contributed by atoms with Crippen molar-refractivity contribution in [2.24, 2.45) is 0 Å². The first-order valence-electron chi connectivity index (χ1n) is 9.19. The first kappa shape index (κ1) is 22.5. The van der Waals surface area contributed by atoms with Gasteiger partial charge in [0.2, 0.25) is 0 Å². The Morgan fingerprint density at radius 3 is 2.14 bits per heavy atom. The summed E-state index contributed by atoms with van der Waals surface area (Å²) in [6.45, 7) is 5.89. The summed E-state index contributed by atoms with van der Waals surface area (Å²) in [4.78, 5) is 12.5. The average Bonchev–Trinajstić information content (AvgIpc) is 2.72. The van der Waals surface area contributed by atoms with Crippen molar-refractivity contribution in [1.82, 2.24) is 5.32 Å². The normalized spacial score (nSPS) is 11.7. The van der Waals surface area contributed by atoms with Gasteiger partial charge in [-0.15, -0.1) is 0 Å². The Balaban J connectivity index is 2.27. The summed E-state index contributed by atoms with van der Waals surface area (Å²) < 4.78 is 37.5. The van der Waals surface area contributed by atoms with Crippen molar-refractivity contribution in [2.45, 2.75) is 37.6 Å². The van der Waals surface area contributed by atoms with Gasteiger partial charge in [-0.3, -0.25) is 9.10 Å². The highest BCUT2D eigenvalue weighted by Gasteiger charge is 2.24. The highest BCUT2D eigenvalue weighted by molar-refractivity contribution is 7.92. The number of nitrogens with one attached hydrogen (secondary N) is 1. The van der Waals surface area contributed by atoms with Gasteiger partial charge in [0.05, 0.1) is 24.8 Å². The fourth-order valence-electron chi connectivity index (χ4n) is 2.56. The van der Waals surface area contributed by atoms with Gasteiger partial charge in [0.15, 0.2) is 11.5 Å². The highest BCUT2D eigenvalue weighted by Crippen LogP contribution is 2.31. The summed E-state index contributed by atoms with van der Waals surface area (Å²) in [6, 6.07) is 10.8. The van der Waals surface area contributed by atoms with E-state index >= 15 is 0 Å². The Bertz CT molecular complexity index is 969. The molecule has 0 saturated heterocycles. The molecule has 0 unspecified atom stereocenters. The lowest BCUT2D eigenvalue weighted by Gasteiger charge is -2.24. The van der Waals surface area contributed by atoms with E-state index in [0.29, 0.717) is 22.7 Å². The number of hydrogen-bond acceptors (Lipinski definition) is 5. The third-order valence-corrected chi connectivity index (χ3v) is 6.62. The minimum Gasteiger partial charge on any atom is -0.493 e. The van der Waals surface area contributed by atoms with E-state index in [0.717, 1.165) is 10.7 Å². The molecule has 0 aliphatic rings. The largest absolute Gasteiger partial charge is 0.493 e. The lowest BCUT2D eigenvalue weighted by Crippen LogP contribution is -2.42. The zero-order valence-electron chi connectivity index (χ0n) is 17.6. The molecule has 2 rings (SSSR count). The van der Waals surface area contributed by atoms with Crippen LogP contribution in [-0.4, -0.2) is 41.1 Å². The molecule has 0 bridgehead atoms. The summed E-state index contributed by atoms with van der Waals surface area (Å²) >= 11 is 0. The number of benzene rings is 2. The van der Waals surface area contributed by atoms with Crippen LogP contribution < -0.4 is 19.1 Å². The summed E-state index contributed by atoms with van der Waals surface area (Å²) in [7, 11) is 0.571. The number of rotatable bonds is 8. The first-order chi connectivity index (χ1) is 13.6. The van der Waals surface area contributed by atoms with Gasteiger partial charge in [0, 0.05) is 24.2 Å². The van der Waals surface area contributed by atoms with Gasteiger partial charge < -0.3 is 14.8 Å². The number of methoxy groups -OCH3 is 2. The van der Waals surface area contributed by atoms with Gasteiger partial charge >= 0.3 is 0 Å². The lowest BCUT2D eigenvalue weighted by molar-refractivity contribution is 0.0911. The second-order valence-corrected chi connectivity index (χ2v) is 9.20. The van der Waals surface area contributed by atoms with E-state index in [4.69, 9.17) is 9.47 Å². The SMILES string of the molecule is CCC(C)(C)NC(=O)c1ccc(N(C)S(=O)(=O)c2ccc(OC)c(OC)c2)cc1. The van der Waals surface area contributed by atoms with Crippen LogP contribution in [0.4, 0.5) is 5.69 Å². The third-order valence-electron chi connectivity index (χ3n) is 4.84. The Labute approximate surface area is 172 Å². The zero-order valence-corrected chi connectivity index (χ0v) is 18.5. The Kier molecular flexibility index (Phi) is 6.79. The Morgan fingerprint density at radius 1 is 1.03 bits per heavy atom. The molecule has 0 radical (unpaired) electrons. The monoisotopic (exact) mass is 420 g/mol. The van der Waals surface area contributed by atoms with Crippen molar-refractivity contribution >= 4 is 21.6 Å². The molecule has 0 heterocycles. The molecule has 0 spiro atoms. The molecule has 0 aromatic heterocycles. The summed E-state index contributed by atoms with van der Waals surface area (Å²) in [5, 5.41) is 2.95. The maximum atomic E-state index is 13.0. The molecule has 0 fully saturated rings. The molecule has 0 saturated carbocycles. The van der Waals surface area contributed by atoms with Crippen LogP contribution in [0.25, 0.3) is 0 Å². The number of amides is 1. The fraction of sp³-hybridized carbons (Fsp3) is 0.381. The summed E-state index contributed by atoms with van der Waals surface area (Å²) in [5.74, 6) is 0.570. The number of hydrogen-bond donors (Lipinski definition) is 1. The third kappa shape index (κ3) is 5.00. The average molecular weight is 421 g/mol. The van der Waals surface area contributed by atoms with Gasteiger partial charge in [-0.2, -0.15) is 0 Å². The number of sulfonamides is 1. The first-order valence-corrected chi connectivity index (χ1v) is 10.6. The smallest absolute Gasteiger partial charge is 0.264 e. The minimum atomic E-state index is -3.82. The van der Waals surface area contributed by atoms with E-state index in [9.17, 15) is 13.2 Å². The maximum Gasteiger partial charge on any atom is 0.264 e. The molecular formula is C21H28N2O5S. The second kappa shape index (κ2) is 8.73. The van der Waals surface area contributed by atoms with Crippen LogP contribution in [-0.2, 0) is 10.0 Å². The van der Waals surface area contributed by atoms with Crippen LogP contribution in [0.15, 0.2) is 47.4 Å². The van der Waals surface area contributed by atoms with Crippen LogP contribution in [0.1, 0.15) is 37.6 Å². The van der Waals surface area contributed by atoms with Crippen LogP contribution in [0.3, 0.4) is 0 Å². The van der Waals surface area contributed by atoms with Gasteiger partial charge in [0.1, 0.15) is 0 Å². The lowest BCUT2D eigenvalue weighted by atomic mass is 10.0. The molecule has 2 aromatic rings. The molecular weight excluding hydrogens is 392 g/mol. The quantitative estimate of drug-likeness (QED) is 0.707. The molecule has 0 aliphatic heterocycles. The van der Waals surface area contributed by atoms with Crippen molar-refractivity contribution in [3.05, 3.63) is 48.0 Å². The van der Waals surface area contributed by atoms with Crippen molar-refractivity contribution in [1.29, 1.82) is 0 Å². The highest BCUT2D eigenvalue weighted by atomic mass is 32.2. The number of anilines is 1. The Hall–Kier alpha value is -2.74. The number of carbonyl (C=O) groups excluding carboxylic acids is 1. The van der Waals surface area contributed by atoms with Gasteiger partial charge in [-0.25, -0.2) is 8.42 Å². The molecule has 158 valence electrons. The van der Waals surface area contributed by atoms with Crippen LogP contribution in [0.2, 0.25) is 0 Å². The predicted molar refractivity (Wildman–Crippen MR) is 113 cm³/mol. The molecule has 1 amide bonds. The molecule has 8 heteroatoms. The van der Waals surface area contributed by atoms with E-state index in [1.165, 1.54) is 33.4 Å². The molecule has 2 aromatic carbocycles. The van der Waals surface area contributed by atoms with E-state index in [-0.39, 0.29) is 16.3 Å². The molecule has 0 aliphatic carbocycles. The standard InChI is InChI=1S/C21H28N2O5S/c1-7-21(2,3)22-20(24)15-8-10-16(11-9-15)23(4)29(25,26)17-12-13-18(27-5)19(14-17)28-6/h8-14H,7H2,1-6H3,(H,22,24). The van der Waals surface area contributed by atoms with Gasteiger partial charge in [0.25, 0.3) is 15.9 Å². The van der Waals surface area contributed by atoms with E-state index in [1.807, 2.05) is 20.8 Å². The second-order valence-electron chi connectivity index (χ2n) is 7.23. The number of carbonyl (C=O) groups is 1. The van der Waals surface area contributed by atoms with Crippen molar-refractivity contribution in [2.75, 3.05) is 25.6 Å². The fourth-order valence-corrected chi connectivity index (χ4v) is 3.78. The van der Waals surface area contributed by atoms with Crippen LogP contribution in [0.5, 0.6) is 11.5 Å².